The molecular formula is C18H25ClN6O. The normalized spacial score (nSPS) is 18.7. The summed E-state index contributed by atoms with van der Waals surface area (Å²) in [5.74, 6) is 0.635. The molecule has 2 aliphatic rings. The molecule has 1 amide bonds. The highest BCUT2D eigenvalue weighted by atomic mass is 35.5. The number of benzene rings is 1. The van der Waals surface area contributed by atoms with Gasteiger partial charge in [0.15, 0.2) is 0 Å². The molecule has 1 aromatic heterocycles. The summed E-state index contributed by atoms with van der Waals surface area (Å²) in [7, 11) is 0. The molecule has 0 bridgehead atoms. The van der Waals surface area contributed by atoms with Crippen LogP contribution in [0.1, 0.15) is 24.8 Å². The van der Waals surface area contributed by atoms with Crippen molar-refractivity contribution in [1.29, 1.82) is 0 Å². The summed E-state index contributed by atoms with van der Waals surface area (Å²) in [5.41, 5.74) is 2.52. The number of carbonyl (C=O) groups is 1. The minimum absolute atomic E-state index is 0. The Balaban J connectivity index is 0.00000196. The van der Waals surface area contributed by atoms with E-state index >= 15 is 0 Å². The second-order valence-electron chi connectivity index (χ2n) is 7.32. The number of hydrogen-bond acceptors (Lipinski definition) is 5. The molecule has 2 aromatic rings. The predicted octanol–water partition coefficient (Wildman–Crippen LogP) is 1.67. The van der Waals surface area contributed by atoms with Crippen LogP contribution in [0.5, 0.6) is 0 Å². The Bertz CT molecular complexity index is 743. The summed E-state index contributed by atoms with van der Waals surface area (Å²) in [5, 5.41) is 15.9. The van der Waals surface area contributed by atoms with Crippen molar-refractivity contribution in [2.75, 3.05) is 26.2 Å². The molecule has 0 atom stereocenters. The van der Waals surface area contributed by atoms with E-state index in [1.807, 2.05) is 36.1 Å². The maximum absolute atomic E-state index is 12.5. The second kappa shape index (κ2) is 7.72. The van der Waals surface area contributed by atoms with Crippen molar-refractivity contribution in [3.63, 3.8) is 0 Å². The van der Waals surface area contributed by atoms with E-state index in [9.17, 15) is 4.79 Å². The van der Waals surface area contributed by atoms with Gasteiger partial charge in [-0.05, 0) is 43.4 Å². The van der Waals surface area contributed by atoms with Crippen LogP contribution in [0.15, 0.2) is 24.3 Å². The zero-order valence-corrected chi connectivity index (χ0v) is 15.8. The Morgan fingerprint density at radius 3 is 2.58 bits per heavy atom. The van der Waals surface area contributed by atoms with Gasteiger partial charge in [0, 0.05) is 25.2 Å². The topological polar surface area (TPSA) is 75.9 Å². The maximum atomic E-state index is 12.5. The fourth-order valence-electron chi connectivity index (χ4n) is 3.80. The van der Waals surface area contributed by atoms with E-state index in [-0.39, 0.29) is 24.9 Å². The van der Waals surface area contributed by atoms with Crippen molar-refractivity contribution in [2.45, 2.75) is 32.7 Å². The van der Waals surface area contributed by atoms with Crippen LogP contribution in [-0.2, 0) is 11.3 Å². The van der Waals surface area contributed by atoms with Gasteiger partial charge >= 0.3 is 0 Å². The molecule has 26 heavy (non-hydrogen) atoms. The molecule has 3 heterocycles. The monoisotopic (exact) mass is 376 g/mol. The number of piperidine rings is 1. The summed E-state index contributed by atoms with van der Waals surface area (Å²) in [6.45, 7) is 6.07. The van der Waals surface area contributed by atoms with Crippen LogP contribution in [0.25, 0.3) is 11.4 Å². The molecule has 2 fully saturated rings. The molecule has 2 aliphatic heterocycles. The number of aromatic nitrogens is 4. The van der Waals surface area contributed by atoms with E-state index in [1.165, 1.54) is 16.8 Å². The van der Waals surface area contributed by atoms with Crippen molar-refractivity contribution < 1.29 is 4.79 Å². The third-order valence-electron chi connectivity index (χ3n) is 5.55. The molecule has 2 saturated heterocycles. The summed E-state index contributed by atoms with van der Waals surface area (Å²) in [6.07, 6.45) is 3.41. The first kappa shape index (κ1) is 18.8. The van der Waals surface area contributed by atoms with Gasteiger partial charge in [-0.15, -0.1) is 22.6 Å². The van der Waals surface area contributed by atoms with Crippen LogP contribution in [0, 0.1) is 12.3 Å². The largest absolute Gasteiger partial charge is 0.341 e. The molecule has 1 N–H and O–H groups in total. The molecule has 8 heteroatoms. The average molecular weight is 377 g/mol. The van der Waals surface area contributed by atoms with Gasteiger partial charge in [-0.25, -0.2) is 0 Å². The zero-order chi connectivity index (χ0) is 17.3. The van der Waals surface area contributed by atoms with Gasteiger partial charge < -0.3 is 10.2 Å². The van der Waals surface area contributed by atoms with E-state index < -0.39 is 0 Å². The number of likely N-dealkylation sites (tertiary alicyclic amines) is 1. The number of aryl methyl sites for hydroxylation is 1. The van der Waals surface area contributed by atoms with Gasteiger partial charge in [0.2, 0.25) is 11.7 Å². The lowest BCUT2D eigenvalue weighted by molar-refractivity contribution is -0.134. The predicted molar refractivity (Wildman–Crippen MR) is 101 cm³/mol. The van der Waals surface area contributed by atoms with Crippen molar-refractivity contribution in [1.82, 2.24) is 30.4 Å². The molecule has 0 saturated carbocycles. The van der Waals surface area contributed by atoms with E-state index in [2.05, 4.69) is 20.7 Å². The highest BCUT2D eigenvalue weighted by Gasteiger charge is 2.38. The summed E-state index contributed by atoms with van der Waals surface area (Å²) in [6, 6.07) is 7.97. The molecule has 0 radical (unpaired) electrons. The first-order valence-corrected chi connectivity index (χ1v) is 8.97. The number of hydrogen-bond donors (Lipinski definition) is 1. The highest BCUT2D eigenvalue weighted by molar-refractivity contribution is 5.85. The lowest BCUT2D eigenvalue weighted by atomic mass is 9.78. The molecule has 1 spiro atoms. The molecule has 4 rings (SSSR count). The fourth-order valence-corrected chi connectivity index (χ4v) is 3.80. The second-order valence-corrected chi connectivity index (χ2v) is 7.32. The van der Waals surface area contributed by atoms with E-state index in [1.54, 1.807) is 0 Å². The number of tetrazole rings is 1. The number of carbonyl (C=O) groups excluding carboxylic acids is 1. The van der Waals surface area contributed by atoms with Crippen LogP contribution in [-0.4, -0.2) is 57.2 Å². The quantitative estimate of drug-likeness (QED) is 0.881. The molecular weight excluding hydrogens is 352 g/mol. The molecule has 7 nitrogen and oxygen atoms in total. The van der Waals surface area contributed by atoms with E-state index in [0.29, 0.717) is 11.2 Å². The number of rotatable bonds is 3. The Morgan fingerprint density at radius 2 is 1.92 bits per heavy atom. The standard InChI is InChI=1S/C18H24N6O.ClH/c1-14-2-4-15(5-3-14)17-20-22-24(21-17)12-16(25)23-10-7-18(8-11-23)6-9-19-13-18;/h2-5,19H,6-13H2,1H3;1H. The number of amides is 1. The lowest BCUT2D eigenvalue weighted by Crippen LogP contribution is -2.45. The Hall–Kier alpha value is -1.99. The minimum atomic E-state index is 0. The van der Waals surface area contributed by atoms with Gasteiger partial charge in [-0.2, -0.15) is 4.80 Å². The summed E-state index contributed by atoms with van der Waals surface area (Å²) >= 11 is 0. The maximum Gasteiger partial charge on any atom is 0.246 e. The minimum Gasteiger partial charge on any atom is -0.341 e. The Morgan fingerprint density at radius 1 is 1.19 bits per heavy atom. The molecule has 1 aromatic carbocycles. The van der Waals surface area contributed by atoms with Crippen LogP contribution < -0.4 is 5.32 Å². The van der Waals surface area contributed by atoms with Gasteiger partial charge in [0.1, 0.15) is 6.54 Å². The number of nitrogens with one attached hydrogen (secondary N) is 1. The van der Waals surface area contributed by atoms with Crippen molar-refractivity contribution in [3.8, 4) is 11.4 Å². The molecule has 0 aliphatic carbocycles. The van der Waals surface area contributed by atoms with Crippen molar-refractivity contribution >= 4 is 18.3 Å². The van der Waals surface area contributed by atoms with E-state index in [0.717, 1.165) is 44.6 Å². The van der Waals surface area contributed by atoms with Gasteiger partial charge in [0.25, 0.3) is 0 Å². The number of nitrogens with zero attached hydrogens (tertiary/aromatic N) is 5. The third-order valence-corrected chi connectivity index (χ3v) is 5.55. The molecule has 140 valence electrons. The van der Waals surface area contributed by atoms with Crippen molar-refractivity contribution in [3.05, 3.63) is 29.8 Å². The SMILES string of the molecule is Cc1ccc(-c2nnn(CC(=O)N3CCC4(CCNC4)CC3)n2)cc1.Cl. The first-order chi connectivity index (χ1) is 12.1. The van der Waals surface area contributed by atoms with Gasteiger partial charge in [-0.1, -0.05) is 29.8 Å². The third kappa shape index (κ3) is 3.88. The summed E-state index contributed by atoms with van der Waals surface area (Å²) < 4.78 is 0. The first-order valence-electron chi connectivity index (χ1n) is 8.97. The zero-order valence-electron chi connectivity index (χ0n) is 15.0. The smallest absolute Gasteiger partial charge is 0.246 e. The lowest BCUT2D eigenvalue weighted by Gasteiger charge is -2.38. The average Bonchev–Trinajstić information content (AvgIpc) is 3.26. The fraction of sp³-hybridized carbons (Fsp3) is 0.556. The van der Waals surface area contributed by atoms with Crippen LogP contribution in [0.4, 0.5) is 0 Å². The highest BCUT2D eigenvalue weighted by Crippen LogP contribution is 2.36. The molecule has 0 unspecified atom stereocenters. The van der Waals surface area contributed by atoms with Crippen molar-refractivity contribution in [2.24, 2.45) is 5.41 Å². The van der Waals surface area contributed by atoms with Crippen LogP contribution in [0.3, 0.4) is 0 Å². The van der Waals surface area contributed by atoms with Gasteiger partial charge in [0.05, 0.1) is 0 Å². The van der Waals surface area contributed by atoms with E-state index in [4.69, 9.17) is 0 Å². The van der Waals surface area contributed by atoms with Crippen LogP contribution in [0.2, 0.25) is 0 Å². The van der Waals surface area contributed by atoms with Gasteiger partial charge in [-0.3, -0.25) is 4.79 Å². The van der Waals surface area contributed by atoms with Crippen LogP contribution >= 0.6 is 12.4 Å². The summed E-state index contributed by atoms with van der Waals surface area (Å²) in [4.78, 5) is 15.9. The number of halogens is 1. The Kier molecular flexibility index (Phi) is 5.58. The Labute approximate surface area is 159 Å².